The lowest BCUT2D eigenvalue weighted by atomic mass is 9.89. The van der Waals surface area contributed by atoms with Gasteiger partial charge in [-0.15, -0.1) is 0 Å². The van der Waals surface area contributed by atoms with Crippen LogP contribution in [0.1, 0.15) is 18.9 Å². The van der Waals surface area contributed by atoms with Gasteiger partial charge in [0, 0.05) is 18.6 Å². The van der Waals surface area contributed by atoms with Gasteiger partial charge in [0.1, 0.15) is 5.82 Å². The average molecular weight is 237 g/mol. The summed E-state index contributed by atoms with van der Waals surface area (Å²) in [6, 6.07) is 7.48. The fraction of sp³-hybridized carbons (Fsp3) is 0.571. The van der Waals surface area contributed by atoms with Crippen LogP contribution in [-0.4, -0.2) is 25.8 Å². The van der Waals surface area contributed by atoms with Gasteiger partial charge in [0.15, 0.2) is 0 Å². The first-order valence-electron chi connectivity index (χ1n) is 6.35. The molecule has 17 heavy (non-hydrogen) atoms. The van der Waals surface area contributed by atoms with E-state index in [0.29, 0.717) is 12.0 Å². The predicted octanol–water partition coefficient (Wildman–Crippen LogP) is 2.38. The van der Waals surface area contributed by atoms with Crippen molar-refractivity contribution in [2.45, 2.75) is 25.8 Å². The highest BCUT2D eigenvalue weighted by atomic mass is 19.1. The van der Waals surface area contributed by atoms with Crippen LogP contribution in [0.5, 0.6) is 0 Å². The predicted molar refractivity (Wildman–Crippen MR) is 66.5 cm³/mol. The van der Waals surface area contributed by atoms with Gasteiger partial charge in [-0.1, -0.05) is 25.1 Å². The molecule has 0 bridgehead atoms. The van der Waals surface area contributed by atoms with Crippen molar-refractivity contribution in [1.82, 2.24) is 5.32 Å². The molecule has 2 rings (SSSR count). The molecule has 1 aromatic carbocycles. The highest BCUT2D eigenvalue weighted by Gasteiger charge is 2.25. The molecule has 0 spiro atoms. The molecule has 3 heteroatoms. The number of nitrogens with one attached hydrogen (secondary N) is 1. The van der Waals surface area contributed by atoms with Gasteiger partial charge in [-0.2, -0.15) is 0 Å². The number of hydrogen-bond acceptors (Lipinski definition) is 2. The minimum atomic E-state index is -0.103. The molecule has 1 fully saturated rings. The van der Waals surface area contributed by atoms with Crippen LogP contribution in [0.25, 0.3) is 0 Å². The Morgan fingerprint density at radius 2 is 2.24 bits per heavy atom. The molecule has 1 N–H and O–H groups in total. The smallest absolute Gasteiger partial charge is 0.126 e. The summed E-state index contributed by atoms with van der Waals surface area (Å²) >= 11 is 0. The maximum absolute atomic E-state index is 13.6. The number of halogens is 1. The van der Waals surface area contributed by atoms with Gasteiger partial charge >= 0.3 is 0 Å². The quantitative estimate of drug-likeness (QED) is 0.868. The lowest BCUT2D eigenvalue weighted by Gasteiger charge is -2.32. The lowest BCUT2D eigenvalue weighted by Crippen LogP contribution is -2.43. The Bertz CT molecular complexity index is 354. The van der Waals surface area contributed by atoms with E-state index in [9.17, 15) is 4.39 Å². The zero-order chi connectivity index (χ0) is 12.1. The molecule has 0 amide bonds. The second-order valence-electron chi connectivity index (χ2n) is 4.58. The highest BCUT2D eigenvalue weighted by molar-refractivity contribution is 5.18. The van der Waals surface area contributed by atoms with Crippen molar-refractivity contribution in [2.75, 3.05) is 19.8 Å². The van der Waals surface area contributed by atoms with E-state index < -0.39 is 0 Å². The molecule has 94 valence electrons. The Balaban J connectivity index is 2.03. The first-order valence-corrected chi connectivity index (χ1v) is 6.35. The molecule has 1 saturated heterocycles. The molecule has 0 unspecified atom stereocenters. The van der Waals surface area contributed by atoms with E-state index in [2.05, 4.69) is 12.2 Å². The third kappa shape index (κ3) is 3.27. The summed E-state index contributed by atoms with van der Waals surface area (Å²) < 4.78 is 19.1. The van der Waals surface area contributed by atoms with Gasteiger partial charge in [0.05, 0.1) is 6.61 Å². The van der Waals surface area contributed by atoms with Gasteiger partial charge in [-0.3, -0.25) is 0 Å². The first kappa shape index (κ1) is 12.5. The highest BCUT2D eigenvalue weighted by Crippen LogP contribution is 2.21. The molecule has 1 aliphatic heterocycles. The summed E-state index contributed by atoms with van der Waals surface area (Å²) in [4.78, 5) is 0. The first-order chi connectivity index (χ1) is 8.31. The third-order valence-corrected chi connectivity index (χ3v) is 3.38. The minimum Gasteiger partial charge on any atom is -0.381 e. The van der Waals surface area contributed by atoms with Gasteiger partial charge in [0.25, 0.3) is 0 Å². The zero-order valence-corrected chi connectivity index (χ0v) is 10.3. The largest absolute Gasteiger partial charge is 0.381 e. The van der Waals surface area contributed by atoms with Crippen molar-refractivity contribution in [3.8, 4) is 0 Å². The number of benzene rings is 1. The average Bonchev–Trinajstić information content (AvgIpc) is 2.35. The summed E-state index contributed by atoms with van der Waals surface area (Å²) in [5, 5.41) is 3.47. The van der Waals surface area contributed by atoms with Crippen molar-refractivity contribution < 1.29 is 9.13 Å². The molecule has 1 aromatic rings. The Morgan fingerprint density at radius 3 is 3.00 bits per heavy atom. The van der Waals surface area contributed by atoms with E-state index in [4.69, 9.17) is 4.74 Å². The van der Waals surface area contributed by atoms with Gasteiger partial charge < -0.3 is 10.1 Å². The molecule has 0 radical (unpaired) electrons. The van der Waals surface area contributed by atoms with E-state index in [1.807, 2.05) is 12.1 Å². The van der Waals surface area contributed by atoms with Crippen molar-refractivity contribution in [3.63, 3.8) is 0 Å². The van der Waals surface area contributed by atoms with E-state index in [1.165, 1.54) is 6.07 Å². The number of hydrogen-bond donors (Lipinski definition) is 1. The Hall–Kier alpha value is -0.930. The fourth-order valence-corrected chi connectivity index (χ4v) is 2.48. The topological polar surface area (TPSA) is 21.3 Å². The van der Waals surface area contributed by atoms with E-state index in [1.54, 1.807) is 6.07 Å². The van der Waals surface area contributed by atoms with Crippen LogP contribution in [0.2, 0.25) is 0 Å². The van der Waals surface area contributed by atoms with Gasteiger partial charge in [-0.25, -0.2) is 4.39 Å². The van der Waals surface area contributed by atoms with E-state index in [-0.39, 0.29) is 5.82 Å². The summed E-state index contributed by atoms with van der Waals surface area (Å²) in [7, 11) is 0. The lowest BCUT2D eigenvalue weighted by molar-refractivity contribution is 0.0324. The number of rotatable bonds is 4. The standard InChI is InChI=1S/C14H20FNO/c1-2-16-14-7-8-17-10-12(14)9-11-5-3-4-6-13(11)15/h3-6,12,14,16H,2,7-10H2,1H3/t12-,14+/m0/s1. The molecule has 2 nitrogen and oxygen atoms in total. The van der Waals surface area contributed by atoms with Crippen LogP contribution in [0.3, 0.4) is 0 Å². The van der Waals surface area contributed by atoms with Crippen LogP contribution in [0.15, 0.2) is 24.3 Å². The van der Waals surface area contributed by atoms with E-state index in [0.717, 1.165) is 38.2 Å². The second-order valence-corrected chi connectivity index (χ2v) is 4.58. The summed E-state index contributed by atoms with van der Waals surface area (Å²) in [5.74, 6) is 0.272. The van der Waals surface area contributed by atoms with Crippen molar-refractivity contribution in [2.24, 2.45) is 5.92 Å². The molecule has 0 saturated carbocycles. The molecular weight excluding hydrogens is 217 g/mol. The normalized spacial score (nSPS) is 24.8. The van der Waals surface area contributed by atoms with Crippen molar-refractivity contribution in [3.05, 3.63) is 35.6 Å². The monoisotopic (exact) mass is 237 g/mol. The Morgan fingerprint density at radius 1 is 1.41 bits per heavy atom. The second kappa shape index (κ2) is 6.12. The summed E-state index contributed by atoms with van der Waals surface area (Å²) in [6.07, 6.45) is 1.78. The van der Waals surface area contributed by atoms with E-state index >= 15 is 0 Å². The third-order valence-electron chi connectivity index (χ3n) is 3.38. The van der Waals surface area contributed by atoms with Gasteiger partial charge in [-0.05, 0) is 31.0 Å². The Labute approximate surface area is 102 Å². The summed E-state index contributed by atoms with van der Waals surface area (Å²) in [5.41, 5.74) is 0.797. The molecule has 2 atom stereocenters. The zero-order valence-electron chi connectivity index (χ0n) is 10.3. The van der Waals surface area contributed by atoms with Crippen LogP contribution < -0.4 is 5.32 Å². The Kier molecular flexibility index (Phi) is 4.51. The maximum Gasteiger partial charge on any atom is 0.126 e. The van der Waals surface area contributed by atoms with Crippen molar-refractivity contribution >= 4 is 0 Å². The van der Waals surface area contributed by atoms with Crippen LogP contribution in [-0.2, 0) is 11.2 Å². The fourth-order valence-electron chi connectivity index (χ4n) is 2.48. The van der Waals surface area contributed by atoms with Crippen LogP contribution >= 0.6 is 0 Å². The van der Waals surface area contributed by atoms with Crippen molar-refractivity contribution in [1.29, 1.82) is 0 Å². The number of ether oxygens (including phenoxy) is 1. The molecular formula is C14H20FNO. The maximum atomic E-state index is 13.6. The SMILES string of the molecule is CCN[C@@H]1CCOC[C@@H]1Cc1ccccc1F. The molecule has 0 aromatic heterocycles. The van der Waals surface area contributed by atoms with Crippen LogP contribution in [0, 0.1) is 11.7 Å². The molecule has 1 heterocycles. The molecule has 1 aliphatic rings. The van der Waals surface area contributed by atoms with Crippen LogP contribution in [0.4, 0.5) is 4.39 Å². The summed E-state index contributed by atoms with van der Waals surface area (Å²) in [6.45, 7) is 4.60. The minimum absolute atomic E-state index is 0.103. The van der Waals surface area contributed by atoms with Gasteiger partial charge in [0.2, 0.25) is 0 Å². The molecule has 0 aliphatic carbocycles.